The number of nitrogens with two attached hydrogens (primary N) is 1. The van der Waals surface area contributed by atoms with Crippen LogP contribution in [0.4, 0.5) is 0 Å². The maximum Gasteiger partial charge on any atom is 0.369 e. The molecule has 0 atom stereocenters. The fourth-order valence-corrected chi connectivity index (χ4v) is 7.17. The van der Waals surface area contributed by atoms with Crippen LogP contribution in [-0.2, 0) is 32.2 Å². The van der Waals surface area contributed by atoms with Crippen LogP contribution in [-0.4, -0.2) is 31.4 Å². The van der Waals surface area contributed by atoms with E-state index in [1.807, 2.05) is 0 Å². The molecular formula is C14H26N2O6P2. The lowest BCUT2D eigenvalue weighted by Gasteiger charge is -2.38. The van der Waals surface area contributed by atoms with Gasteiger partial charge in [0.2, 0.25) is 0 Å². The van der Waals surface area contributed by atoms with Gasteiger partial charge in [-0.1, -0.05) is 6.07 Å². The van der Waals surface area contributed by atoms with Crippen molar-refractivity contribution < 1.29 is 27.2 Å². The molecule has 0 fully saturated rings. The lowest BCUT2D eigenvalue weighted by molar-refractivity contribution is 0.176. The van der Waals surface area contributed by atoms with Crippen molar-refractivity contribution in [3.63, 3.8) is 0 Å². The third-order valence-corrected chi connectivity index (χ3v) is 9.06. The van der Waals surface area contributed by atoms with E-state index in [0.717, 1.165) is 0 Å². The van der Waals surface area contributed by atoms with E-state index in [1.54, 1.807) is 39.8 Å². The van der Waals surface area contributed by atoms with Crippen LogP contribution in [0.15, 0.2) is 24.4 Å². The molecule has 1 aromatic rings. The summed E-state index contributed by atoms with van der Waals surface area (Å²) in [4.78, 5) is 4.12. The van der Waals surface area contributed by atoms with Gasteiger partial charge in [0.15, 0.2) is 0 Å². The van der Waals surface area contributed by atoms with Gasteiger partial charge in [-0.15, -0.1) is 0 Å². The van der Waals surface area contributed by atoms with E-state index in [-0.39, 0.29) is 32.1 Å². The zero-order valence-electron chi connectivity index (χ0n) is 14.5. The summed E-state index contributed by atoms with van der Waals surface area (Å²) in [6.45, 7) is 6.71. The fraction of sp³-hybridized carbons (Fsp3) is 0.643. The van der Waals surface area contributed by atoms with Crippen molar-refractivity contribution in [1.82, 2.24) is 4.98 Å². The predicted molar refractivity (Wildman–Crippen MR) is 91.8 cm³/mol. The Labute approximate surface area is 143 Å². The van der Waals surface area contributed by atoms with Crippen LogP contribution in [0.2, 0.25) is 0 Å². The SMILES string of the molecule is CCOP(=O)(OCC)C(N)(c1ccccn1)P(=O)(OCC)OCC. The highest BCUT2D eigenvalue weighted by molar-refractivity contribution is 7.73. The molecule has 1 rings (SSSR count). The highest BCUT2D eigenvalue weighted by atomic mass is 31.2. The summed E-state index contributed by atoms with van der Waals surface area (Å²) in [5.74, 6) is 0. The van der Waals surface area contributed by atoms with E-state index in [1.165, 1.54) is 12.3 Å². The molecule has 0 radical (unpaired) electrons. The van der Waals surface area contributed by atoms with Crippen molar-refractivity contribution in [3.8, 4) is 0 Å². The Morgan fingerprint density at radius 1 is 0.917 bits per heavy atom. The van der Waals surface area contributed by atoms with Gasteiger partial charge in [-0.3, -0.25) is 19.8 Å². The van der Waals surface area contributed by atoms with Gasteiger partial charge in [0, 0.05) is 6.20 Å². The molecule has 0 saturated carbocycles. The first kappa shape index (κ1) is 21.5. The van der Waals surface area contributed by atoms with E-state index in [9.17, 15) is 9.13 Å². The van der Waals surface area contributed by atoms with Crippen molar-refractivity contribution >= 4 is 15.2 Å². The first-order chi connectivity index (χ1) is 11.3. The van der Waals surface area contributed by atoms with E-state index >= 15 is 0 Å². The van der Waals surface area contributed by atoms with Crippen molar-refractivity contribution in [2.45, 2.75) is 32.7 Å². The second kappa shape index (κ2) is 9.20. The average Bonchev–Trinajstić information content (AvgIpc) is 2.55. The molecule has 10 heteroatoms. The van der Waals surface area contributed by atoms with Crippen LogP contribution < -0.4 is 5.73 Å². The Kier molecular flexibility index (Phi) is 8.23. The van der Waals surface area contributed by atoms with Crippen molar-refractivity contribution in [1.29, 1.82) is 0 Å². The average molecular weight is 380 g/mol. The highest BCUT2D eigenvalue weighted by Crippen LogP contribution is 2.79. The molecule has 1 aromatic heterocycles. The second-order valence-electron chi connectivity index (χ2n) is 4.61. The molecular weight excluding hydrogens is 354 g/mol. The summed E-state index contributed by atoms with van der Waals surface area (Å²) < 4.78 is 48.4. The van der Waals surface area contributed by atoms with Gasteiger partial charge in [0.1, 0.15) is 0 Å². The topological polar surface area (TPSA) is 110 Å². The molecule has 0 aliphatic carbocycles. The van der Waals surface area contributed by atoms with Crippen molar-refractivity contribution in [2.24, 2.45) is 5.73 Å². The van der Waals surface area contributed by atoms with Gasteiger partial charge in [-0.25, -0.2) is 0 Å². The quantitative estimate of drug-likeness (QED) is 0.579. The molecule has 0 aliphatic heterocycles. The highest BCUT2D eigenvalue weighted by Gasteiger charge is 2.65. The number of pyridine rings is 1. The monoisotopic (exact) mass is 380 g/mol. The minimum Gasteiger partial charge on any atom is -0.307 e. The van der Waals surface area contributed by atoms with Gasteiger partial charge >= 0.3 is 15.2 Å². The lowest BCUT2D eigenvalue weighted by Crippen LogP contribution is -2.40. The summed E-state index contributed by atoms with van der Waals surface area (Å²) in [6, 6.07) is 4.78. The summed E-state index contributed by atoms with van der Waals surface area (Å²) >= 11 is 0. The van der Waals surface area contributed by atoms with Crippen LogP contribution in [0.5, 0.6) is 0 Å². The number of aromatic nitrogens is 1. The Morgan fingerprint density at radius 3 is 1.62 bits per heavy atom. The molecule has 0 aliphatic rings. The van der Waals surface area contributed by atoms with Crippen molar-refractivity contribution in [2.75, 3.05) is 26.4 Å². The van der Waals surface area contributed by atoms with E-state index in [4.69, 9.17) is 23.8 Å². The van der Waals surface area contributed by atoms with Crippen LogP contribution in [0.1, 0.15) is 33.4 Å². The van der Waals surface area contributed by atoms with Crippen LogP contribution in [0.25, 0.3) is 0 Å². The van der Waals surface area contributed by atoms with E-state index < -0.39 is 20.2 Å². The summed E-state index contributed by atoms with van der Waals surface area (Å²) in [6.07, 6.45) is 1.45. The minimum absolute atomic E-state index is 0.0430. The van der Waals surface area contributed by atoms with Gasteiger partial charge in [-0.05, 0) is 39.8 Å². The first-order valence-corrected chi connectivity index (χ1v) is 10.9. The predicted octanol–water partition coefficient (Wildman–Crippen LogP) is 3.68. The van der Waals surface area contributed by atoms with Gasteiger partial charge < -0.3 is 18.1 Å². The van der Waals surface area contributed by atoms with E-state index in [2.05, 4.69) is 4.98 Å². The first-order valence-electron chi connectivity index (χ1n) is 7.83. The zero-order valence-corrected chi connectivity index (χ0v) is 16.3. The maximum atomic E-state index is 13.5. The third-order valence-electron chi connectivity index (χ3n) is 3.07. The Hall–Kier alpha value is -0.590. The zero-order chi connectivity index (χ0) is 18.3. The lowest BCUT2D eigenvalue weighted by atomic mass is 10.3. The Morgan fingerprint density at radius 2 is 1.33 bits per heavy atom. The molecule has 0 saturated heterocycles. The maximum absolute atomic E-state index is 13.5. The molecule has 1 heterocycles. The minimum atomic E-state index is -4.14. The number of hydrogen-bond donors (Lipinski definition) is 1. The van der Waals surface area contributed by atoms with Gasteiger partial charge in [0.25, 0.3) is 5.02 Å². The van der Waals surface area contributed by atoms with Gasteiger partial charge in [-0.2, -0.15) is 0 Å². The number of rotatable bonds is 11. The molecule has 2 N–H and O–H groups in total. The molecule has 0 amide bonds. The molecule has 0 bridgehead atoms. The second-order valence-corrected chi connectivity index (χ2v) is 9.39. The Bertz CT molecular complexity index is 548. The van der Waals surface area contributed by atoms with Crippen LogP contribution in [0, 0.1) is 0 Å². The number of nitrogens with zero attached hydrogens (tertiary/aromatic N) is 1. The molecule has 24 heavy (non-hydrogen) atoms. The fourth-order valence-electron chi connectivity index (χ4n) is 2.16. The summed E-state index contributed by atoms with van der Waals surface area (Å²) in [7, 11) is -8.28. The summed E-state index contributed by atoms with van der Waals surface area (Å²) in [5.41, 5.74) is 6.49. The van der Waals surface area contributed by atoms with Gasteiger partial charge in [0.05, 0.1) is 32.1 Å². The molecule has 138 valence electrons. The molecule has 0 aromatic carbocycles. The Balaban J connectivity index is 3.68. The van der Waals surface area contributed by atoms with Crippen LogP contribution in [0.3, 0.4) is 0 Å². The standard InChI is InChI=1S/C14H26N2O6P2/c1-5-19-23(17,20-6-2)14(15,13-11-9-10-12-16-13)24(18,21-7-3)22-8-4/h9-12H,5-8,15H2,1-4H3. The molecule has 0 spiro atoms. The van der Waals surface area contributed by atoms with E-state index in [0.29, 0.717) is 0 Å². The number of hydrogen-bond acceptors (Lipinski definition) is 8. The van der Waals surface area contributed by atoms with Crippen LogP contribution >= 0.6 is 15.2 Å². The largest absolute Gasteiger partial charge is 0.369 e. The normalized spacial score (nSPS) is 13.2. The third kappa shape index (κ3) is 3.97. The molecule has 8 nitrogen and oxygen atoms in total. The molecule has 0 unspecified atom stereocenters. The van der Waals surface area contributed by atoms with Crippen molar-refractivity contribution in [3.05, 3.63) is 30.1 Å². The summed E-state index contributed by atoms with van der Waals surface area (Å²) in [5, 5.41) is -2.18. The smallest absolute Gasteiger partial charge is 0.307 e.